The van der Waals surface area contributed by atoms with Crippen molar-refractivity contribution in [1.29, 1.82) is 0 Å². The van der Waals surface area contributed by atoms with Gasteiger partial charge in [0, 0.05) is 49.4 Å². The summed E-state index contributed by atoms with van der Waals surface area (Å²) < 4.78 is 22.5. The van der Waals surface area contributed by atoms with E-state index >= 15 is 4.39 Å². The first-order valence-corrected chi connectivity index (χ1v) is 13.2. The second-order valence-corrected chi connectivity index (χ2v) is 10.2. The monoisotopic (exact) mass is 530 g/mol. The molecule has 5 heterocycles. The lowest BCUT2D eigenvalue weighted by Crippen LogP contribution is -2.48. The molecule has 0 aliphatic carbocycles. The van der Waals surface area contributed by atoms with Gasteiger partial charge in [0.1, 0.15) is 23.6 Å². The average Bonchev–Trinajstić information content (AvgIpc) is 3.60. The Morgan fingerprint density at radius 1 is 1.18 bits per heavy atom. The van der Waals surface area contributed by atoms with Gasteiger partial charge in [0.25, 0.3) is 0 Å². The highest BCUT2D eigenvalue weighted by Gasteiger charge is 2.27. The topological polar surface area (TPSA) is 103 Å². The van der Waals surface area contributed by atoms with Crippen LogP contribution >= 0.6 is 0 Å². The summed E-state index contributed by atoms with van der Waals surface area (Å²) in [6, 6.07) is 4.24. The highest BCUT2D eigenvalue weighted by atomic mass is 19.1. The third-order valence-electron chi connectivity index (χ3n) is 7.85. The zero-order valence-electron chi connectivity index (χ0n) is 22.2. The van der Waals surface area contributed by atoms with Crippen LogP contribution in [0.25, 0.3) is 33.1 Å². The van der Waals surface area contributed by atoms with Crippen LogP contribution < -0.4 is 9.64 Å². The molecule has 4 aromatic rings. The summed E-state index contributed by atoms with van der Waals surface area (Å²) in [4.78, 5) is 32.0. The van der Waals surface area contributed by atoms with E-state index in [1.807, 2.05) is 24.0 Å². The molecule has 2 saturated heterocycles. The molecule has 6 rings (SSSR count). The molecule has 0 saturated carbocycles. The highest BCUT2D eigenvalue weighted by Crippen LogP contribution is 2.36. The summed E-state index contributed by atoms with van der Waals surface area (Å²) in [5, 5.41) is 8.38. The molecule has 10 nitrogen and oxygen atoms in total. The number of nitrogens with zero attached hydrogens (tertiary/aromatic N) is 7. The molecule has 2 aliphatic rings. The van der Waals surface area contributed by atoms with Crippen LogP contribution in [0.2, 0.25) is 0 Å². The first kappa shape index (κ1) is 25.2. The van der Waals surface area contributed by atoms with Crippen LogP contribution in [-0.2, 0) is 4.79 Å². The lowest BCUT2D eigenvalue weighted by atomic mass is 10.00. The first-order chi connectivity index (χ1) is 18.9. The number of carbonyl (C=O) groups excluding carboxylic acids is 1. The van der Waals surface area contributed by atoms with Gasteiger partial charge in [-0.25, -0.2) is 4.39 Å². The molecule has 2 aliphatic heterocycles. The van der Waals surface area contributed by atoms with Gasteiger partial charge in [-0.15, -0.1) is 0 Å². The number of amides is 1. The van der Waals surface area contributed by atoms with Crippen molar-refractivity contribution in [3.8, 4) is 17.3 Å². The number of anilines is 1. The maximum Gasteiger partial charge on any atom is 0.319 e. The molecule has 1 aromatic carbocycles. The zero-order valence-corrected chi connectivity index (χ0v) is 22.2. The fourth-order valence-electron chi connectivity index (χ4n) is 5.57. The van der Waals surface area contributed by atoms with Gasteiger partial charge in [0.05, 0.1) is 17.1 Å². The molecule has 202 valence electrons. The summed E-state index contributed by atoms with van der Waals surface area (Å²) in [5.74, 6) is -0.0824. The number of carbonyl (C=O) groups is 1. The number of pyridine rings is 1. The molecule has 39 heavy (non-hydrogen) atoms. The Kier molecular flexibility index (Phi) is 6.59. The maximum absolute atomic E-state index is 16.4. The number of H-pyrrole nitrogens is 1. The van der Waals surface area contributed by atoms with E-state index in [1.54, 1.807) is 17.3 Å². The van der Waals surface area contributed by atoms with E-state index in [2.05, 4.69) is 38.7 Å². The number of aryl methyl sites for hydroxylation is 1. The van der Waals surface area contributed by atoms with Crippen LogP contribution in [0.5, 0.6) is 6.01 Å². The van der Waals surface area contributed by atoms with Crippen molar-refractivity contribution in [1.82, 2.24) is 34.9 Å². The van der Waals surface area contributed by atoms with Gasteiger partial charge < -0.3 is 19.4 Å². The number of likely N-dealkylation sites (N-methyl/N-ethyl adjacent to an activating group) is 1. The quantitative estimate of drug-likeness (QED) is 0.379. The van der Waals surface area contributed by atoms with Gasteiger partial charge in [-0.05, 0) is 51.1 Å². The Balaban J connectivity index is 1.43. The van der Waals surface area contributed by atoms with Crippen LogP contribution in [0.15, 0.2) is 37.2 Å². The lowest BCUT2D eigenvalue weighted by Gasteiger charge is -2.35. The van der Waals surface area contributed by atoms with E-state index in [4.69, 9.17) is 9.72 Å². The zero-order chi connectivity index (χ0) is 27.1. The Morgan fingerprint density at radius 3 is 2.74 bits per heavy atom. The largest absolute Gasteiger partial charge is 0.462 e. The van der Waals surface area contributed by atoms with Gasteiger partial charge >= 0.3 is 6.01 Å². The van der Waals surface area contributed by atoms with Crippen LogP contribution in [0, 0.1) is 12.7 Å². The fraction of sp³-hybridized carbons (Fsp3) is 0.393. The number of rotatable bonds is 6. The highest BCUT2D eigenvalue weighted by molar-refractivity contribution is 5.98. The van der Waals surface area contributed by atoms with E-state index in [1.165, 1.54) is 6.08 Å². The lowest BCUT2D eigenvalue weighted by molar-refractivity contribution is -0.126. The number of aromatic amines is 1. The third-order valence-corrected chi connectivity index (χ3v) is 7.85. The SMILES string of the molecule is C=CC(=O)N1CCN(c2nc(OC[C@@H]3CCCN3C)nc3c(F)c(-c4c(C)ccc5[nH]ncc45)ncc23)CC1. The molecule has 0 radical (unpaired) electrons. The third kappa shape index (κ3) is 4.56. The minimum atomic E-state index is -0.531. The molecule has 1 amide bonds. The van der Waals surface area contributed by atoms with Gasteiger partial charge in [0.15, 0.2) is 5.82 Å². The van der Waals surface area contributed by atoms with Gasteiger partial charge in [-0.1, -0.05) is 12.6 Å². The minimum absolute atomic E-state index is 0.104. The Morgan fingerprint density at radius 2 is 2.00 bits per heavy atom. The van der Waals surface area contributed by atoms with Crippen molar-refractivity contribution < 1.29 is 13.9 Å². The molecular formula is C28H31FN8O2. The molecule has 3 aromatic heterocycles. The van der Waals surface area contributed by atoms with E-state index in [0.29, 0.717) is 49.6 Å². The summed E-state index contributed by atoms with van der Waals surface area (Å²) in [6.45, 7) is 9.05. The molecule has 1 atom stereocenters. The fourth-order valence-corrected chi connectivity index (χ4v) is 5.57. The average molecular weight is 531 g/mol. The summed E-state index contributed by atoms with van der Waals surface area (Å²) in [5.41, 5.74) is 2.72. The predicted octanol–water partition coefficient (Wildman–Crippen LogP) is 3.32. The molecular weight excluding hydrogens is 499 g/mol. The van der Waals surface area contributed by atoms with Crippen LogP contribution in [-0.4, -0.2) is 93.3 Å². The number of fused-ring (bicyclic) bond motifs is 2. The number of aromatic nitrogens is 5. The Labute approximate surface area is 225 Å². The van der Waals surface area contributed by atoms with Gasteiger partial charge in [0.2, 0.25) is 5.91 Å². The predicted molar refractivity (Wildman–Crippen MR) is 147 cm³/mol. The normalized spacial score (nSPS) is 18.3. The van der Waals surface area contributed by atoms with Crippen molar-refractivity contribution >= 4 is 33.5 Å². The van der Waals surface area contributed by atoms with Crippen molar-refractivity contribution in [2.75, 3.05) is 51.3 Å². The Bertz CT molecular complexity index is 1560. The van der Waals surface area contributed by atoms with Crippen molar-refractivity contribution in [3.63, 3.8) is 0 Å². The molecule has 2 fully saturated rings. The van der Waals surface area contributed by atoms with E-state index in [-0.39, 0.29) is 29.2 Å². The standard InChI is InChI=1S/C28H31FN8O2/c1-4-22(38)36-10-12-37(13-11-36)27-20-14-30-26(23-17(2)7-8-21-19(23)15-31-34-21)24(29)25(20)32-28(33-27)39-16-18-6-5-9-35(18)3/h4,7-8,14-15,18H,1,5-6,9-13,16H2,2-3H3,(H,31,34)/t18-/m0/s1. The van der Waals surface area contributed by atoms with Crippen LogP contribution in [0.1, 0.15) is 18.4 Å². The number of piperazine rings is 1. The van der Waals surface area contributed by atoms with Crippen molar-refractivity contribution in [2.45, 2.75) is 25.8 Å². The van der Waals surface area contributed by atoms with E-state index in [9.17, 15) is 4.79 Å². The number of hydrogen-bond donors (Lipinski definition) is 1. The number of hydrogen-bond acceptors (Lipinski definition) is 8. The molecule has 11 heteroatoms. The summed E-state index contributed by atoms with van der Waals surface area (Å²) >= 11 is 0. The van der Waals surface area contributed by atoms with Crippen LogP contribution in [0.3, 0.4) is 0 Å². The number of likely N-dealkylation sites (tertiary alicyclic amines) is 1. The van der Waals surface area contributed by atoms with Gasteiger partial charge in [-0.2, -0.15) is 15.1 Å². The summed E-state index contributed by atoms with van der Waals surface area (Å²) in [7, 11) is 2.08. The summed E-state index contributed by atoms with van der Waals surface area (Å²) in [6.07, 6.45) is 6.80. The number of nitrogens with one attached hydrogen (secondary N) is 1. The van der Waals surface area contributed by atoms with Crippen molar-refractivity contribution in [2.24, 2.45) is 0 Å². The Hall–Kier alpha value is -4.12. The number of halogens is 1. The molecule has 0 spiro atoms. The first-order valence-electron chi connectivity index (χ1n) is 13.2. The van der Waals surface area contributed by atoms with Crippen molar-refractivity contribution in [3.05, 3.63) is 48.6 Å². The van der Waals surface area contributed by atoms with E-state index < -0.39 is 5.82 Å². The second-order valence-electron chi connectivity index (χ2n) is 10.2. The maximum atomic E-state index is 16.4. The molecule has 1 N–H and O–H groups in total. The van der Waals surface area contributed by atoms with E-state index in [0.717, 1.165) is 35.9 Å². The number of benzene rings is 1. The smallest absolute Gasteiger partial charge is 0.319 e. The number of ether oxygens (including phenoxy) is 1. The molecule has 0 unspecified atom stereocenters. The van der Waals surface area contributed by atoms with Gasteiger partial charge in [-0.3, -0.25) is 14.9 Å². The minimum Gasteiger partial charge on any atom is -0.462 e. The second kappa shape index (κ2) is 10.2. The van der Waals surface area contributed by atoms with Crippen LogP contribution in [0.4, 0.5) is 10.2 Å². The molecule has 0 bridgehead atoms.